The Balaban J connectivity index is 1.90. The van der Waals surface area contributed by atoms with Gasteiger partial charge < -0.3 is 4.90 Å². The first-order valence-corrected chi connectivity index (χ1v) is 9.05. The summed E-state index contributed by atoms with van der Waals surface area (Å²) in [4.78, 5) is 22.5. The topological polar surface area (TPSA) is 92.3 Å². The molecule has 22 heavy (non-hydrogen) atoms. The molecule has 2 rings (SSSR count). The minimum Gasteiger partial charge on any atom is -0.355 e. The Bertz CT molecular complexity index is 598. The molecule has 0 aliphatic carbocycles. The summed E-state index contributed by atoms with van der Waals surface area (Å²) in [6.07, 6.45) is 6.63. The molecule has 7 nitrogen and oxygen atoms in total. The second kappa shape index (κ2) is 7.04. The number of carbonyl (C=O) groups excluding carboxylic acids is 1. The van der Waals surface area contributed by atoms with Crippen LogP contribution in [0.3, 0.4) is 0 Å². The number of aromatic nitrogens is 2. The number of hydrogen-bond donors (Lipinski definition) is 1. The normalized spacial score (nSPS) is 18.0. The second-order valence-electron chi connectivity index (χ2n) is 5.56. The van der Waals surface area contributed by atoms with Gasteiger partial charge in [-0.05, 0) is 26.2 Å². The molecule has 122 valence electrons. The van der Waals surface area contributed by atoms with E-state index in [9.17, 15) is 13.2 Å². The number of carbonyl (C=O) groups is 1. The van der Waals surface area contributed by atoms with Crippen molar-refractivity contribution in [3.05, 3.63) is 18.6 Å². The van der Waals surface area contributed by atoms with Gasteiger partial charge >= 0.3 is 0 Å². The highest BCUT2D eigenvalue weighted by Gasteiger charge is 2.29. The van der Waals surface area contributed by atoms with Gasteiger partial charge in [-0.25, -0.2) is 13.4 Å². The summed E-state index contributed by atoms with van der Waals surface area (Å²) in [6, 6.07) is 0. The number of anilines is 1. The molecule has 0 unspecified atom stereocenters. The van der Waals surface area contributed by atoms with E-state index in [2.05, 4.69) is 19.6 Å². The Kier molecular flexibility index (Phi) is 5.33. The fourth-order valence-electron chi connectivity index (χ4n) is 2.37. The van der Waals surface area contributed by atoms with Crippen molar-refractivity contribution in [1.82, 2.24) is 14.7 Å². The number of hydrogen-bond acceptors (Lipinski definition) is 6. The van der Waals surface area contributed by atoms with Gasteiger partial charge in [-0.15, -0.1) is 0 Å². The van der Waals surface area contributed by atoms with Crippen LogP contribution in [0.4, 0.5) is 5.82 Å². The molecule has 1 amide bonds. The number of rotatable bonds is 5. The zero-order valence-corrected chi connectivity index (χ0v) is 13.7. The molecule has 1 aromatic rings. The van der Waals surface area contributed by atoms with Crippen LogP contribution in [0.25, 0.3) is 0 Å². The maximum absolute atomic E-state index is 12.1. The molecule has 1 aliphatic heterocycles. The highest BCUT2D eigenvalue weighted by Crippen LogP contribution is 2.21. The molecule has 1 atom stereocenters. The summed E-state index contributed by atoms with van der Waals surface area (Å²) >= 11 is 0. The van der Waals surface area contributed by atoms with Gasteiger partial charge in [-0.1, -0.05) is 6.92 Å². The molecule has 0 bridgehead atoms. The van der Waals surface area contributed by atoms with Gasteiger partial charge in [0.15, 0.2) is 0 Å². The first-order chi connectivity index (χ1) is 10.4. The van der Waals surface area contributed by atoms with Crippen LogP contribution in [-0.2, 0) is 14.8 Å². The molecule has 2 heterocycles. The highest BCUT2D eigenvalue weighted by molar-refractivity contribution is 7.90. The molecule has 1 aromatic heterocycles. The predicted molar refractivity (Wildman–Crippen MR) is 83.8 cm³/mol. The summed E-state index contributed by atoms with van der Waals surface area (Å²) in [6.45, 7) is 4.72. The lowest BCUT2D eigenvalue weighted by atomic mass is 9.96. The predicted octanol–water partition coefficient (Wildman–Crippen LogP) is 0.937. The molecular formula is C14H22N4O3S. The van der Waals surface area contributed by atoms with Gasteiger partial charge in [0.2, 0.25) is 15.9 Å². The molecule has 8 heteroatoms. The van der Waals surface area contributed by atoms with E-state index >= 15 is 0 Å². The van der Waals surface area contributed by atoms with Gasteiger partial charge in [0, 0.05) is 31.4 Å². The third-order valence-corrected chi connectivity index (χ3v) is 5.97. The summed E-state index contributed by atoms with van der Waals surface area (Å²) in [5, 5.41) is -0.559. The molecule has 0 saturated carbocycles. The van der Waals surface area contributed by atoms with Crippen molar-refractivity contribution in [1.29, 1.82) is 0 Å². The van der Waals surface area contributed by atoms with E-state index in [0.717, 1.165) is 5.82 Å². The molecular weight excluding hydrogens is 304 g/mol. The molecule has 1 saturated heterocycles. The van der Waals surface area contributed by atoms with Crippen molar-refractivity contribution in [2.45, 2.75) is 38.4 Å². The molecule has 0 spiro atoms. The number of amides is 1. The van der Waals surface area contributed by atoms with Crippen LogP contribution in [0, 0.1) is 5.92 Å². The van der Waals surface area contributed by atoms with E-state index in [0.29, 0.717) is 32.4 Å². The van der Waals surface area contributed by atoms with E-state index in [1.165, 1.54) is 0 Å². The van der Waals surface area contributed by atoms with Crippen LogP contribution >= 0.6 is 0 Å². The van der Waals surface area contributed by atoms with Crippen molar-refractivity contribution in [3.63, 3.8) is 0 Å². The zero-order valence-electron chi connectivity index (χ0n) is 12.9. The number of piperidine rings is 1. The lowest BCUT2D eigenvalue weighted by Gasteiger charge is -2.31. The molecule has 1 fully saturated rings. The average molecular weight is 326 g/mol. The number of sulfonamides is 1. The van der Waals surface area contributed by atoms with E-state index in [1.54, 1.807) is 32.4 Å². The van der Waals surface area contributed by atoms with Crippen molar-refractivity contribution in [2.75, 3.05) is 18.0 Å². The smallest absolute Gasteiger partial charge is 0.237 e. The van der Waals surface area contributed by atoms with Gasteiger partial charge in [0.05, 0.1) is 11.4 Å². The minimum atomic E-state index is -3.56. The third kappa shape index (κ3) is 3.94. The first kappa shape index (κ1) is 16.7. The Morgan fingerprint density at radius 2 is 2.09 bits per heavy atom. The van der Waals surface area contributed by atoms with Crippen molar-refractivity contribution in [3.8, 4) is 0 Å². The fourth-order valence-corrected chi connectivity index (χ4v) is 3.46. The zero-order chi connectivity index (χ0) is 16.2. The van der Waals surface area contributed by atoms with Gasteiger partial charge in [0.25, 0.3) is 0 Å². The summed E-state index contributed by atoms with van der Waals surface area (Å²) < 4.78 is 26.1. The van der Waals surface area contributed by atoms with E-state index in [1.807, 2.05) is 0 Å². The van der Waals surface area contributed by atoms with E-state index in [-0.39, 0.29) is 11.8 Å². The monoisotopic (exact) mass is 326 g/mol. The standard InChI is InChI=1S/C14H22N4O3S/c1-3-11(2)22(20,21)17-14(19)12-4-8-18(9-5-12)13-10-15-6-7-16-13/h6-7,10-12H,3-5,8-9H2,1-2H3,(H,17,19)/t11-/m0/s1. The van der Waals surface area contributed by atoms with Crippen molar-refractivity contribution in [2.24, 2.45) is 5.92 Å². The maximum atomic E-state index is 12.1. The third-order valence-electron chi connectivity index (χ3n) is 4.09. The summed E-state index contributed by atoms with van der Waals surface area (Å²) in [5.41, 5.74) is 0. The first-order valence-electron chi connectivity index (χ1n) is 7.50. The minimum absolute atomic E-state index is 0.272. The molecule has 0 radical (unpaired) electrons. The van der Waals surface area contributed by atoms with Gasteiger partial charge in [-0.3, -0.25) is 14.5 Å². The number of nitrogens with one attached hydrogen (secondary N) is 1. The lowest BCUT2D eigenvalue weighted by molar-refractivity contribution is -0.123. The highest BCUT2D eigenvalue weighted by atomic mass is 32.2. The summed E-state index contributed by atoms with van der Waals surface area (Å²) in [7, 11) is -3.56. The molecule has 1 N–H and O–H groups in total. The summed E-state index contributed by atoms with van der Waals surface area (Å²) in [5.74, 6) is 0.124. The van der Waals surface area contributed by atoms with Gasteiger partial charge in [0.1, 0.15) is 5.82 Å². The largest absolute Gasteiger partial charge is 0.355 e. The van der Waals surface area contributed by atoms with Crippen LogP contribution in [0.5, 0.6) is 0 Å². The second-order valence-corrected chi connectivity index (χ2v) is 7.65. The fraction of sp³-hybridized carbons (Fsp3) is 0.643. The Labute approximate surface area is 131 Å². The van der Waals surface area contributed by atoms with E-state index < -0.39 is 15.3 Å². The van der Waals surface area contributed by atoms with E-state index in [4.69, 9.17) is 0 Å². The Morgan fingerprint density at radius 1 is 1.41 bits per heavy atom. The lowest BCUT2D eigenvalue weighted by Crippen LogP contribution is -2.44. The van der Waals surface area contributed by atoms with Crippen LogP contribution in [0.1, 0.15) is 33.1 Å². The van der Waals surface area contributed by atoms with Crippen LogP contribution in [-0.4, -0.2) is 42.6 Å². The maximum Gasteiger partial charge on any atom is 0.237 e. The van der Waals surface area contributed by atoms with Crippen LogP contribution in [0.15, 0.2) is 18.6 Å². The SMILES string of the molecule is CC[C@H](C)S(=O)(=O)NC(=O)C1CCN(c2cnccn2)CC1. The van der Waals surface area contributed by atoms with Crippen LogP contribution in [0.2, 0.25) is 0 Å². The molecule has 0 aromatic carbocycles. The Morgan fingerprint density at radius 3 is 2.64 bits per heavy atom. The van der Waals surface area contributed by atoms with Gasteiger partial charge in [-0.2, -0.15) is 0 Å². The molecule has 1 aliphatic rings. The Hall–Kier alpha value is -1.70. The average Bonchev–Trinajstić information content (AvgIpc) is 2.54. The van der Waals surface area contributed by atoms with Crippen LogP contribution < -0.4 is 9.62 Å². The van der Waals surface area contributed by atoms with Crippen molar-refractivity contribution < 1.29 is 13.2 Å². The number of nitrogens with zero attached hydrogens (tertiary/aromatic N) is 3. The quantitative estimate of drug-likeness (QED) is 0.865. The van der Waals surface area contributed by atoms with Crippen molar-refractivity contribution >= 4 is 21.7 Å².